The predicted molar refractivity (Wildman–Crippen MR) is 114 cm³/mol. The molecule has 0 radical (unpaired) electrons. The molecular formula is C22H27N5O3. The molecule has 30 heavy (non-hydrogen) atoms. The Bertz CT molecular complexity index is 891. The topological polar surface area (TPSA) is 90.2 Å². The normalized spacial score (nSPS) is 21.0. The fourth-order valence-electron chi connectivity index (χ4n) is 3.90. The van der Waals surface area contributed by atoms with Crippen LogP contribution in [-0.2, 0) is 9.59 Å². The van der Waals surface area contributed by atoms with Crippen LogP contribution in [0.4, 0.5) is 5.69 Å². The number of carbonyl (C=O) groups excluding carboxylic acids is 2. The summed E-state index contributed by atoms with van der Waals surface area (Å²) < 4.78 is 5.64. The highest BCUT2D eigenvalue weighted by molar-refractivity contribution is 6.39. The maximum absolute atomic E-state index is 12.9. The van der Waals surface area contributed by atoms with Crippen molar-refractivity contribution >= 4 is 23.3 Å². The number of hydrogen-bond acceptors (Lipinski definition) is 6. The van der Waals surface area contributed by atoms with Gasteiger partial charge in [0.2, 0.25) is 5.84 Å². The summed E-state index contributed by atoms with van der Waals surface area (Å²) >= 11 is 0. The third-order valence-corrected chi connectivity index (χ3v) is 5.51. The maximum Gasteiger partial charge on any atom is 0.288 e. The Morgan fingerprint density at radius 3 is 2.67 bits per heavy atom. The molecule has 0 saturated carbocycles. The van der Waals surface area contributed by atoms with Crippen LogP contribution in [0, 0.1) is 0 Å². The molecule has 0 bridgehead atoms. The SMILES string of the molecule is CC1N=C(C(=O)NCC(c2ccco2)N2CCCCC2)NN(c2ccccc2)C1=O. The number of likely N-dealkylation sites (tertiary alicyclic amines) is 1. The Hall–Kier alpha value is -3.13. The minimum Gasteiger partial charge on any atom is -0.468 e. The van der Waals surface area contributed by atoms with E-state index >= 15 is 0 Å². The van der Waals surface area contributed by atoms with Crippen molar-refractivity contribution in [1.82, 2.24) is 15.6 Å². The summed E-state index contributed by atoms with van der Waals surface area (Å²) in [5, 5.41) is 4.35. The van der Waals surface area contributed by atoms with Crippen molar-refractivity contribution in [2.75, 3.05) is 24.6 Å². The summed E-state index contributed by atoms with van der Waals surface area (Å²) in [6, 6.07) is 12.3. The summed E-state index contributed by atoms with van der Waals surface area (Å²) in [7, 11) is 0. The first-order chi connectivity index (χ1) is 14.6. The molecule has 158 valence electrons. The highest BCUT2D eigenvalue weighted by Crippen LogP contribution is 2.24. The molecule has 1 aromatic carbocycles. The lowest BCUT2D eigenvalue weighted by Gasteiger charge is -2.34. The van der Waals surface area contributed by atoms with Gasteiger partial charge >= 0.3 is 0 Å². The van der Waals surface area contributed by atoms with Crippen LogP contribution in [0.2, 0.25) is 0 Å². The van der Waals surface area contributed by atoms with Crippen LogP contribution in [0.25, 0.3) is 0 Å². The average molecular weight is 409 g/mol. The number of para-hydroxylation sites is 1. The molecule has 2 unspecified atom stereocenters. The number of nitrogens with one attached hydrogen (secondary N) is 2. The first-order valence-electron chi connectivity index (χ1n) is 10.4. The molecule has 0 aliphatic carbocycles. The van der Waals surface area contributed by atoms with E-state index in [1.807, 2.05) is 42.5 Å². The molecule has 2 amide bonds. The zero-order valence-electron chi connectivity index (χ0n) is 17.1. The van der Waals surface area contributed by atoms with Crippen LogP contribution in [0.1, 0.15) is 38.0 Å². The average Bonchev–Trinajstić information content (AvgIpc) is 3.31. The maximum atomic E-state index is 12.9. The molecule has 1 fully saturated rings. The zero-order chi connectivity index (χ0) is 20.9. The molecular weight excluding hydrogens is 382 g/mol. The lowest BCUT2D eigenvalue weighted by atomic mass is 10.1. The number of hydrazine groups is 1. The number of amides is 2. The molecule has 2 atom stereocenters. The number of aliphatic imine (C=N–C) groups is 1. The quantitative estimate of drug-likeness (QED) is 0.764. The number of carbonyl (C=O) groups is 2. The third-order valence-electron chi connectivity index (χ3n) is 5.51. The highest BCUT2D eigenvalue weighted by atomic mass is 16.3. The molecule has 0 spiro atoms. The Balaban J connectivity index is 1.45. The minimum absolute atomic E-state index is 0.0299. The van der Waals surface area contributed by atoms with Crippen LogP contribution in [-0.4, -0.2) is 48.2 Å². The summed E-state index contributed by atoms with van der Waals surface area (Å²) in [6.45, 7) is 4.05. The number of anilines is 1. The molecule has 2 aliphatic heterocycles. The van der Waals surface area contributed by atoms with Gasteiger partial charge in [-0.1, -0.05) is 24.6 Å². The van der Waals surface area contributed by atoms with Gasteiger partial charge < -0.3 is 9.73 Å². The number of piperidine rings is 1. The van der Waals surface area contributed by atoms with Crippen molar-refractivity contribution in [3.05, 3.63) is 54.5 Å². The van der Waals surface area contributed by atoms with Gasteiger partial charge in [0.25, 0.3) is 11.8 Å². The number of nitrogens with zero attached hydrogens (tertiary/aromatic N) is 3. The molecule has 1 aromatic heterocycles. The van der Waals surface area contributed by atoms with E-state index in [1.165, 1.54) is 11.4 Å². The largest absolute Gasteiger partial charge is 0.468 e. The predicted octanol–water partition coefficient (Wildman–Crippen LogP) is 2.26. The smallest absolute Gasteiger partial charge is 0.288 e. The van der Waals surface area contributed by atoms with Crippen LogP contribution in [0.5, 0.6) is 0 Å². The Kier molecular flexibility index (Phi) is 6.13. The van der Waals surface area contributed by atoms with E-state index in [0.717, 1.165) is 31.7 Å². The van der Waals surface area contributed by atoms with Crippen molar-refractivity contribution < 1.29 is 14.0 Å². The van der Waals surface area contributed by atoms with Gasteiger partial charge in [-0.25, -0.2) is 10.0 Å². The van der Waals surface area contributed by atoms with Gasteiger partial charge in [-0.3, -0.25) is 19.9 Å². The van der Waals surface area contributed by atoms with Crippen molar-refractivity contribution in [1.29, 1.82) is 0 Å². The number of amidine groups is 1. The zero-order valence-corrected chi connectivity index (χ0v) is 17.1. The van der Waals surface area contributed by atoms with Gasteiger partial charge in [0.05, 0.1) is 18.0 Å². The fourth-order valence-corrected chi connectivity index (χ4v) is 3.90. The summed E-state index contributed by atoms with van der Waals surface area (Å²) in [5.74, 6) is 0.413. The number of hydrogen-bond donors (Lipinski definition) is 2. The standard InChI is InChI=1S/C22H27N5O3/c1-16-22(29)27(17-9-4-2-5-10-17)25-20(24-16)21(28)23-15-18(19-11-8-14-30-19)26-12-6-3-7-13-26/h2,4-5,8-11,14,16,18H,3,6-7,12-13,15H2,1H3,(H,23,28)(H,24,25). The van der Waals surface area contributed by atoms with E-state index in [-0.39, 0.29) is 23.7 Å². The Morgan fingerprint density at radius 2 is 1.97 bits per heavy atom. The molecule has 2 aliphatic rings. The van der Waals surface area contributed by atoms with Gasteiger partial charge in [0.15, 0.2) is 0 Å². The van der Waals surface area contributed by atoms with Crippen LogP contribution < -0.4 is 15.8 Å². The summed E-state index contributed by atoms with van der Waals surface area (Å²) in [4.78, 5) is 32.0. The summed E-state index contributed by atoms with van der Waals surface area (Å²) in [6.07, 6.45) is 5.18. The van der Waals surface area contributed by atoms with Crippen molar-refractivity contribution in [2.24, 2.45) is 4.99 Å². The van der Waals surface area contributed by atoms with Gasteiger partial charge in [0.1, 0.15) is 11.8 Å². The van der Waals surface area contributed by atoms with E-state index < -0.39 is 6.04 Å². The highest BCUT2D eigenvalue weighted by Gasteiger charge is 2.31. The fraction of sp³-hybridized carbons (Fsp3) is 0.409. The van der Waals surface area contributed by atoms with Gasteiger partial charge in [-0.2, -0.15) is 0 Å². The number of benzene rings is 1. The summed E-state index contributed by atoms with van der Waals surface area (Å²) in [5.41, 5.74) is 3.54. The van der Waals surface area contributed by atoms with E-state index in [0.29, 0.717) is 12.2 Å². The van der Waals surface area contributed by atoms with Gasteiger partial charge in [-0.15, -0.1) is 0 Å². The lowest BCUT2D eigenvalue weighted by molar-refractivity contribution is -0.120. The van der Waals surface area contributed by atoms with Crippen molar-refractivity contribution in [3.8, 4) is 0 Å². The minimum atomic E-state index is -0.643. The van der Waals surface area contributed by atoms with Crippen LogP contribution in [0.15, 0.2) is 58.1 Å². The lowest BCUT2D eigenvalue weighted by Crippen LogP contribution is -2.58. The van der Waals surface area contributed by atoms with Crippen LogP contribution in [0.3, 0.4) is 0 Å². The molecule has 8 heteroatoms. The Labute approximate surface area is 175 Å². The molecule has 4 rings (SSSR count). The van der Waals surface area contributed by atoms with E-state index in [9.17, 15) is 9.59 Å². The van der Waals surface area contributed by atoms with Crippen molar-refractivity contribution in [2.45, 2.75) is 38.3 Å². The number of rotatable bonds is 6. The third kappa shape index (κ3) is 4.38. The first kappa shape index (κ1) is 20.2. The Morgan fingerprint density at radius 1 is 1.20 bits per heavy atom. The second-order valence-corrected chi connectivity index (χ2v) is 7.61. The molecule has 8 nitrogen and oxygen atoms in total. The second kappa shape index (κ2) is 9.13. The second-order valence-electron chi connectivity index (χ2n) is 7.61. The van der Waals surface area contributed by atoms with E-state index in [1.54, 1.807) is 13.2 Å². The van der Waals surface area contributed by atoms with Crippen LogP contribution >= 0.6 is 0 Å². The molecule has 1 saturated heterocycles. The number of furan rings is 1. The van der Waals surface area contributed by atoms with Crippen molar-refractivity contribution in [3.63, 3.8) is 0 Å². The van der Waals surface area contributed by atoms with Gasteiger partial charge in [-0.05, 0) is 57.1 Å². The van der Waals surface area contributed by atoms with E-state index in [2.05, 4.69) is 20.6 Å². The monoisotopic (exact) mass is 409 g/mol. The first-order valence-corrected chi connectivity index (χ1v) is 10.4. The molecule has 3 heterocycles. The van der Waals surface area contributed by atoms with E-state index in [4.69, 9.17) is 4.42 Å². The van der Waals surface area contributed by atoms with Gasteiger partial charge in [0, 0.05) is 6.54 Å². The molecule has 2 N–H and O–H groups in total. The molecule has 2 aromatic rings.